The second-order valence-corrected chi connectivity index (χ2v) is 7.16. The molecule has 0 saturated carbocycles. The summed E-state index contributed by atoms with van der Waals surface area (Å²) in [6.45, 7) is 9.27. The van der Waals surface area contributed by atoms with Crippen molar-refractivity contribution < 1.29 is 8.42 Å². The van der Waals surface area contributed by atoms with Crippen molar-refractivity contribution in [2.75, 3.05) is 18.8 Å². The average Bonchev–Trinajstić information content (AvgIpc) is 2.07. The van der Waals surface area contributed by atoms with Crippen LogP contribution in [0.5, 0.6) is 0 Å². The van der Waals surface area contributed by atoms with Crippen molar-refractivity contribution in [1.82, 2.24) is 9.62 Å². The Morgan fingerprint density at radius 3 is 2.47 bits per heavy atom. The van der Waals surface area contributed by atoms with E-state index in [0.29, 0.717) is 13.0 Å². The van der Waals surface area contributed by atoms with Crippen molar-refractivity contribution in [1.29, 1.82) is 0 Å². The number of hydrogen-bond acceptors (Lipinski definition) is 3. The smallest absolute Gasteiger partial charge is 0.214 e. The summed E-state index contributed by atoms with van der Waals surface area (Å²) in [6.07, 6.45) is 0.689. The van der Waals surface area contributed by atoms with E-state index < -0.39 is 10.0 Å². The van der Waals surface area contributed by atoms with E-state index in [-0.39, 0.29) is 17.3 Å². The maximum Gasteiger partial charge on any atom is 0.214 e. The number of rotatable bonds is 1. The number of hydrogen-bond donors (Lipinski definition) is 1. The van der Waals surface area contributed by atoms with E-state index in [1.54, 1.807) is 4.31 Å². The topological polar surface area (TPSA) is 49.4 Å². The van der Waals surface area contributed by atoms with Crippen molar-refractivity contribution in [2.24, 2.45) is 0 Å². The van der Waals surface area contributed by atoms with Gasteiger partial charge in [0.2, 0.25) is 10.0 Å². The molecular weight excluding hydrogens is 212 g/mol. The first-order valence-electron chi connectivity index (χ1n) is 5.49. The first-order valence-corrected chi connectivity index (χ1v) is 7.10. The lowest BCUT2D eigenvalue weighted by atomic mass is 10.1. The van der Waals surface area contributed by atoms with Crippen LogP contribution in [-0.2, 0) is 10.0 Å². The minimum atomic E-state index is -3.06. The van der Waals surface area contributed by atoms with Crippen molar-refractivity contribution in [3.63, 3.8) is 0 Å². The van der Waals surface area contributed by atoms with Gasteiger partial charge < -0.3 is 5.32 Å². The fourth-order valence-electron chi connectivity index (χ4n) is 1.85. The first-order chi connectivity index (χ1) is 6.75. The van der Waals surface area contributed by atoms with E-state index in [2.05, 4.69) is 5.32 Å². The van der Waals surface area contributed by atoms with Gasteiger partial charge >= 0.3 is 0 Å². The van der Waals surface area contributed by atoms with Crippen molar-refractivity contribution in [3.8, 4) is 0 Å². The Bertz CT molecular complexity index is 309. The van der Waals surface area contributed by atoms with Gasteiger partial charge in [0, 0.05) is 18.1 Å². The number of sulfonamides is 1. The van der Waals surface area contributed by atoms with Crippen LogP contribution in [0, 0.1) is 0 Å². The van der Waals surface area contributed by atoms with Crippen LogP contribution in [-0.4, -0.2) is 43.1 Å². The van der Waals surface area contributed by atoms with Gasteiger partial charge in [-0.3, -0.25) is 0 Å². The van der Waals surface area contributed by atoms with Crippen LogP contribution in [0.3, 0.4) is 0 Å². The summed E-state index contributed by atoms with van der Waals surface area (Å²) < 4.78 is 25.6. The third-order valence-corrected chi connectivity index (χ3v) is 4.74. The van der Waals surface area contributed by atoms with Gasteiger partial charge in [-0.1, -0.05) is 0 Å². The van der Waals surface area contributed by atoms with Gasteiger partial charge in [0.15, 0.2) is 0 Å². The van der Waals surface area contributed by atoms with Crippen molar-refractivity contribution in [3.05, 3.63) is 0 Å². The van der Waals surface area contributed by atoms with E-state index in [4.69, 9.17) is 0 Å². The zero-order valence-electron chi connectivity index (χ0n) is 10.1. The normalized spacial score (nSPS) is 27.3. The van der Waals surface area contributed by atoms with Crippen molar-refractivity contribution >= 4 is 10.0 Å². The lowest BCUT2D eigenvalue weighted by Crippen LogP contribution is -2.55. The van der Waals surface area contributed by atoms with Gasteiger partial charge in [0.1, 0.15) is 0 Å². The van der Waals surface area contributed by atoms with Gasteiger partial charge in [0.25, 0.3) is 0 Å². The quantitative estimate of drug-likeness (QED) is 0.730. The zero-order chi connectivity index (χ0) is 11.7. The molecule has 4 nitrogen and oxygen atoms in total. The molecule has 0 aromatic heterocycles. The third kappa shape index (κ3) is 3.43. The summed E-state index contributed by atoms with van der Waals surface area (Å²) in [5, 5.41) is 3.38. The summed E-state index contributed by atoms with van der Waals surface area (Å²) in [4.78, 5) is 0. The monoisotopic (exact) mass is 234 g/mol. The number of nitrogens with one attached hydrogen (secondary N) is 1. The van der Waals surface area contributed by atoms with E-state index in [1.807, 2.05) is 27.7 Å². The Kier molecular flexibility index (Phi) is 3.79. The Morgan fingerprint density at radius 1 is 1.33 bits per heavy atom. The average molecular weight is 234 g/mol. The molecule has 0 radical (unpaired) electrons. The van der Waals surface area contributed by atoms with Gasteiger partial charge in [-0.2, -0.15) is 4.31 Å². The summed E-state index contributed by atoms with van der Waals surface area (Å²) in [6, 6.07) is 0.0363. The molecule has 1 aliphatic rings. The van der Waals surface area contributed by atoms with Gasteiger partial charge in [0.05, 0.1) is 5.75 Å². The van der Waals surface area contributed by atoms with E-state index in [0.717, 1.165) is 6.54 Å². The highest BCUT2D eigenvalue weighted by molar-refractivity contribution is 7.89. The highest BCUT2D eigenvalue weighted by Crippen LogP contribution is 2.17. The minimum Gasteiger partial charge on any atom is -0.310 e. The maximum absolute atomic E-state index is 12.0. The highest BCUT2D eigenvalue weighted by atomic mass is 32.2. The molecule has 1 saturated heterocycles. The van der Waals surface area contributed by atoms with Crippen LogP contribution < -0.4 is 5.32 Å². The predicted molar refractivity (Wildman–Crippen MR) is 62.3 cm³/mol. The Balaban J connectivity index is 2.93. The molecule has 0 aromatic rings. The molecule has 1 aliphatic heterocycles. The summed E-state index contributed by atoms with van der Waals surface area (Å²) >= 11 is 0. The lowest BCUT2D eigenvalue weighted by Gasteiger charge is -2.37. The van der Waals surface area contributed by atoms with Crippen LogP contribution in [0.2, 0.25) is 0 Å². The summed E-state index contributed by atoms with van der Waals surface area (Å²) in [5.74, 6) is 0.258. The maximum atomic E-state index is 12.0. The molecule has 0 atom stereocenters. The van der Waals surface area contributed by atoms with Gasteiger partial charge in [-0.05, 0) is 40.7 Å². The molecular formula is C10H22N2O2S. The van der Waals surface area contributed by atoms with Crippen LogP contribution in [0.4, 0.5) is 0 Å². The largest absolute Gasteiger partial charge is 0.310 e. The summed E-state index contributed by atoms with van der Waals surface area (Å²) in [5.41, 5.74) is -0.141. The molecule has 5 heteroatoms. The zero-order valence-corrected chi connectivity index (χ0v) is 10.9. The first kappa shape index (κ1) is 12.9. The Hall–Kier alpha value is -0.130. The molecule has 0 bridgehead atoms. The SMILES string of the molecule is CC(C)N1CC(C)(C)NCCCS1(=O)=O. The van der Waals surface area contributed by atoms with Crippen LogP contribution >= 0.6 is 0 Å². The molecule has 15 heavy (non-hydrogen) atoms. The Morgan fingerprint density at radius 2 is 1.93 bits per heavy atom. The fraction of sp³-hybridized carbons (Fsp3) is 1.00. The second kappa shape index (κ2) is 4.39. The molecule has 1 heterocycles. The van der Waals surface area contributed by atoms with Gasteiger partial charge in [-0.25, -0.2) is 8.42 Å². The van der Waals surface area contributed by atoms with Crippen LogP contribution in [0.15, 0.2) is 0 Å². The van der Waals surface area contributed by atoms with E-state index in [1.165, 1.54) is 0 Å². The van der Waals surface area contributed by atoms with Crippen molar-refractivity contribution in [2.45, 2.75) is 45.7 Å². The third-order valence-electron chi connectivity index (χ3n) is 2.67. The molecule has 0 spiro atoms. The van der Waals surface area contributed by atoms with E-state index in [9.17, 15) is 8.42 Å². The van der Waals surface area contributed by atoms with Gasteiger partial charge in [-0.15, -0.1) is 0 Å². The van der Waals surface area contributed by atoms with E-state index >= 15 is 0 Å². The molecule has 1 rings (SSSR count). The fourth-order valence-corrected chi connectivity index (χ4v) is 3.75. The predicted octanol–water partition coefficient (Wildman–Crippen LogP) is 0.798. The molecule has 0 unspecified atom stereocenters. The lowest BCUT2D eigenvalue weighted by molar-refractivity contribution is 0.249. The molecule has 0 aromatic carbocycles. The molecule has 0 aliphatic carbocycles. The van der Waals surface area contributed by atoms with Crippen LogP contribution in [0.1, 0.15) is 34.1 Å². The second-order valence-electron chi connectivity index (χ2n) is 5.12. The number of nitrogens with zero attached hydrogens (tertiary/aromatic N) is 1. The Labute approximate surface area is 93.1 Å². The van der Waals surface area contributed by atoms with Crippen LogP contribution in [0.25, 0.3) is 0 Å². The standard InChI is InChI=1S/C10H22N2O2S/c1-9(2)12-8-10(3,4)11-6-5-7-15(12,13)14/h9,11H,5-8H2,1-4H3. The molecule has 90 valence electrons. The molecule has 1 fully saturated rings. The molecule has 1 N–H and O–H groups in total. The summed E-state index contributed by atoms with van der Waals surface area (Å²) in [7, 11) is -3.06. The molecule has 0 amide bonds. The minimum absolute atomic E-state index is 0.0363. The highest BCUT2D eigenvalue weighted by Gasteiger charge is 2.32.